The molecule has 3 aliphatic rings. The number of anilines is 2. The van der Waals surface area contributed by atoms with E-state index >= 15 is 0 Å². The summed E-state index contributed by atoms with van der Waals surface area (Å²) in [6.45, 7) is 0. The van der Waals surface area contributed by atoms with Crippen molar-refractivity contribution >= 4 is 35.0 Å². The molecule has 34 heavy (non-hydrogen) atoms. The van der Waals surface area contributed by atoms with Gasteiger partial charge < -0.3 is 4.57 Å². The van der Waals surface area contributed by atoms with Crippen LogP contribution in [0.4, 0.5) is 11.4 Å². The summed E-state index contributed by atoms with van der Waals surface area (Å²) in [7, 11) is 1.80. The zero-order chi connectivity index (χ0) is 23.6. The van der Waals surface area contributed by atoms with E-state index in [0.717, 1.165) is 0 Å². The SMILES string of the molecule is Cn1cnc2c1[C@H]1C(=O)N(c3ccccc3)C(=O)[C@H]1C[C@@H]2[C@@H]1CC(=O)N(c2ccccc2)C1=O. The number of rotatable bonds is 3. The van der Waals surface area contributed by atoms with Crippen molar-refractivity contribution in [1.82, 2.24) is 9.55 Å². The fourth-order valence-corrected chi connectivity index (χ4v) is 5.78. The number of hydrogen-bond acceptors (Lipinski definition) is 5. The van der Waals surface area contributed by atoms with E-state index in [0.29, 0.717) is 29.2 Å². The quantitative estimate of drug-likeness (QED) is 0.568. The fourth-order valence-electron chi connectivity index (χ4n) is 5.78. The first kappa shape index (κ1) is 20.5. The van der Waals surface area contributed by atoms with E-state index in [2.05, 4.69) is 4.98 Å². The lowest BCUT2D eigenvalue weighted by atomic mass is 9.71. The van der Waals surface area contributed by atoms with Crippen molar-refractivity contribution in [2.75, 3.05) is 9.80 Å². The van der Waals surface area contributed by atoms with Crippen molar-refractivity contribution in [1.29, 1.82) is 0 Å². The van der Waals surface area contributed by atoms with Crippen LogP contribution in [-0.4, -0.2) is 33.2 Å². The van der Waals surface area contributed by atoms with Gasteiger partial charge in [-0.1, -0.05) is 36.4 Å². The van der Waals surface area contributed by atoms with Crippen molar-refractivity contribution in [3.8, 4) is 0 Å². The normalized spacial score (nSPS) is 26.3. The van der Waals surface area contributed by atoms with E-state index in [-0.39, 0.29) is 30.0 Å². The molecular weight excluding hydrogens is 432 g/mol. The standard InChI is InChI=1S/C26H22N4O4/c1-28-14-27-22-17(18-13-20(31)29(24(18)32)15-8-4-2-5-9-15)12-19-21(23(22)28)26(34)30(25(19)33)16-10-6-3-7-11-16/h2-11,14,17-19,21H,12-13H2,1H3/t17-,18+,19+,21+/m1/s1. The number of hydrogen-bond donors (Lipinski definition) is 0. The minimum atomic E-state index is -0.649. The monoisotopic (exact) mass is 454 g/mol. The van der Waals surface area contributed by atoms with E-state index in [1.807, 2.05) is 12.1 Å². The first-order valence-corrected chi connectivity index (χ1v) is 11.3. The highest BCUT2D eigenvalue weighted by Gasteiger charge is 2.57. The Morgan fingerprint density at radius 1 is 0.735 bits per heavy atom. The lowest BCUT2D eigenvalue weighted by molar-refractivity contribution is -0.125. The van der Waals surface area contributed by atoms with Crippen molar-refractivity contribution < 1.29 is 19.2 Å². The van der Waals surface area contributed by atoms with E-state index in [4.69, 9.17) is 0 Å². The third-order valence-electron chi connectivity index (χ3n) is 7.29. The van der Waals surface area contributed by atoms with Crippen LogP contribution in [0.15, 0.2) is 67.0 Å². The Bertz CT molecular complexity index is 1330. The highest BCUT2D eigenvalue weighted by Crippen LogP contribution is 2.52. The number of aromatic nitrogens is 2. The molecule has 6 rings (SSSR count). The molecule has 2 aliphatic heterocycles. The first-order valence-electron chi connectivity index (χ1n) is 11.3. The summed E-state index contributed by atoms with van der Waals surface area (Å²) in [6.07, 6.45) is 1.98. The predicted octanol–water partition coefficient (Wildman–Crippen LogP) is 2.76. The van der Waals surface area contributed by atoms with Gasteiger partial charge in [-0.25, -0.2) is 9.88 Å². The number of carbonyl (C=O) groups excluding carboxylic acids is 4. The minimum Gasteiger partial charge on any atom is -0.337 e. The van der Waals surface area contributed by atoms with E-state index in [1.165, 1.54) is 9.80 Å². The van der Waals surface area contributed by atoms with Gasteiger partial charge in [-0.2, -0.15) is 0 Å². The molecule has 0 saturated carbocycles. The van der Waals surface area contributed by atoms with E-state index < -0.39 is 23.7 Å². The van der Waals surface area contributed by atoms with Crippen molar-refractivity contribution in [2.45, 2.75) is 24.7 Å². The molecule has 4 atom stereocenters. The Labute approximate surface area is 195 Å². The number of carbonyl (C=O) groups is 4. The van der Waals surface area contributed by atoms with Gasteiger partial charge >= 0.3 is 0 Å². The van der Waals surface area contributed by atoms with Crippen LogP contribution in [0.3, 0.4) is 0 Å². The molecule has 1 aromatic heterocycles. The van der Waals surface area contributed by atoms with Crippen LogP contribution in [0.25, 0.3) is 0 Å². The highest BCUT2D eigenvalue weighted by molar-refractivity contribution is 6.24. The molecule has 8 nitrogen and oxygen atoms in total. The van der Waals surface area contributed by atoms with Crippen LogP contribution in [0.5, 0.6) is 0 Å². The Balaban J connectivity index is 1.39. The van der Waals surface area contributed by atoms with Gasteiger partial charge in [0.15, 0.2) is 0 Å². The molecule has 8 heteroatoms. The summed E-state index contributed by atoms with van der Waals surface area (Å²) in [5, 5.41) is 0. The third kappa shape index (κ3) is 2.81. The number of imide groups is 2. The molecule has 4 amide bonds. The van der Waals surface area contributed by atoms with Gasteiger partial charge in [0.1, 0.15) is 0 Å². The summed E-state index contributed by atoms with van der Waals surface area (Å²) >= 11 is 0. The first-order chi connectivity index (χ1) is 16.5. The van der Waals surface area contributed by atoms with Gasteiger partial charge in [-0.3, -0.25) is 24.1 Å². The van der Waals surface area contributed by atoms with Crippen LogP contribution < -0.4 is 9.80 Å². The summed E-state index contributed by atoms with van der Waals surface area (Å²) < 4.78 is 1.77. The number of amides is 4. The van der Waals surface area contributed by atoms with Gasteiger partial charge in [0, 0.05) is 19.4 Å². The average molecular weight is 454 g/mol. The van der Waals surface area contributed by atoms with Gasteiger partial charge in [-0.05, 0) is 30.7 Å². The molecular formula is C26H22N4O4. The number of nitrogens with zero attached hydrogens (tertiary/aromatic N) is 4. The average Bonchev–Trinajstić information content (AvgIpc) is 3.46. The zero-order valence-electron chi connectivity index (χ0n) is 18.5. The number of fused-ring (bicyclic) bond motifs is 3. The molecule has 0 radical (unpaired) electrons. The maximum absolute atomic E-state index is 13.5. The minimum absolute atomic E-state index is 0.0519. The molecule has 3 aromatic rings. The maximum Gasteiger partial charge on any atom is 0.243 e. The molecule has 0 N–H and O–H groups in total. The summed E-state index contributed by atoms with van der Waals surface area (Å²) in [5.74, 6) is -3.39. The molecule has 0 unspecified atom stereocenters. The molecule has 1 aliphatic carbocycles. The van der Waals surface area contributed by atoms with Crippen molar-refractivity contribution in [3.05, 3.63) is 78.4 Å². The van der Waals surface area contributed by atoms with Gasteiger partial charge in [0.2, 0.25) is 23.6 Å². The molecule has 2 fully saturated rings. The Hall–Kier alpha value is -4.07. The maximum atomic E-state index is 13.5. The van der Waals surface area contributed by atoms with E-state index in [9.17, 15) is 19.2 Å². The second-order valence-corrected chi connectivity index (χ2v) is 9.11. The largest absolute Gasteiger partial charge is 0.337 e. The topological polar surface area (TPSA) is 92.6 Å². The van der Waals surface area contributed by atoms with Crippen LogP contribution in [0.2, 0.25) is 0 Å². The second kappa shape index (κ2) is 7.48. The molecule has 0 bridgehead atoms. The van der Waals surface area contributed by atoms with Crippen molar-refractivity contribution in [3.63, 3.8) is 0 Å². The summed E-state index contributed by atoms with van der Waals surface area (Å²) in [5.41, 5.74) is 2.38. The van der Waals surface area contributed by atoms with Crippen LogP contribution in [0.1, 0.15) is 36.1 Å². The molecule has 2 aromatic carbocycles. The second-order valence-electron chi connectivity index (χ2n) is 9.11. The predicted molar refractivity (Wildman–Crippen MR) is 123 cm³/mol. The fraction of sp³-hybridized carbons (Fsp3) is 0.269. The van der Waals surface area contributed by atoms with E-state index in [1.54, 1.807) is 66.5 Å². The van der Waals surface area contributed by atoms with Crippen molar-refractivity contribution in [2.24, 2.45) is 18.9 Å². The lowest BCUT2D eigenvalue weighted by Gasteiger charge is -2.31. The Morgan fingerprint density at radius 3 is 1.97 bits per heavy atom. The summed E-state index contributed by atoms with van der Waals surface area (Å²) in [6, 6.07) is 17.8. The van der Waals surface area contributed by atoms with Gasteiger partial charge in [-0.15, -0.1) is 0 Å². The van der Waals surface area contributed by atoms with Gasteiger partial charge in [0.25, 0.3) is 0 Å². The lowest BCUT2D eigenvalue weighted by Crippen LogP contribution is -2.35. The van der Waals surface area contributed by atoms with Gasteiger partial charge in [0.05, 0.1) is 46.8 Å². The van der Waals surface area contributed by atoms with Crippen LogP contribution >= 0.6 is 0 Å². The molecule has 0 spiro atoms. The third-order valence-corrected chi connectivity index (χ3v) is 7.29. The number of aryl methyl sites for hydroxylation is 1. The number of benzene rings is 2. The summed E-state index contributed by atoms with van der Waals surface area (Å²) in [4.78, 5) is 60.4. The Kier molecular flexibility index (Phi) is 4.52. The highest BCUT2D eigenvalue weighted by atomic mass is 16.2. The Morgan fingerprint density at radius 2 is 1.32 bits per heavy atom. The molecule has 170 valence electrons. The molecule has 2 saturated heterocycles. The molecule has 3 heterocycles. The zero-order valence-corrected chi connectivity index (χ0v) is 18.5. The number of imidazole rings is 1. The van der Waals surface area contributed by atoms with Crippen LogP contribution in [0, 0.1) is 11.8 Å². The number of para-hydroxylation sites is 2. The smallest absolute Gasteiger partial charge is 0.243 e. The van der Waals surface area contributed by atoms with Crippen LogP contribution in [-0.2, 0) is 26.2 Å².